The molecule has 0 spiro atoms. The summed E-state index contributed by atoms with van der Waals surface area (Å²) in [5, 5.41) is 9.13. The second-order valence-corrected chi connectivity index (χ2v) is 6.89. The summed E-state index contributed by atoms with van der Waals surface area (Å²) in [4.78, 5) is 11.1. The van der Waals surface area contributed by atoms with Gasteiger partial charge in [-0.05, 0) is 61.2 Å². The Balaban J connectivity index is 1.89. The molecule has 0 aromatic heterocycles. The van der Waals surface area contributed by atoms with Gasteiger partial charge in [0.1, 0.15) is 0 Å². The van der Waals surface area contributed by atoms with Crippen LogP contribution in [0.4, 0.5) is 0 Å². The molecule has 0 aromatic rings. The minimum Gasteiger partial charge on any atom is -0.481 e. The molecule has 0 aromatic carbocycles. The lowest BCUT2D eigenvalue weighted by atomic mass is 9.43. The van der Waals surface area contributed by atoms with Crippen LogP contribution in [0.2, 0.25) is 0 Å². The number of carboxylic acid groups (broad SMARTS) is 1. The second kappa shape index (κ2) is 3.24. The molecule has 0 aliphatic heterocycles. The molecule has 0 radical (unpaired) electrons. The van der Waals surface area contributed by atoms with E-state index in [1.165, 1.54) is 44.9 Å². The number of carboxylic acids is 1. The number of aliphatic carboxylic acids is 1. The van der Waals surface area contributed by atoms with Crippen molar-refractivity contribution in [1.29, 1.82) is 0 Å². The fraction of sp³-hybridized carbons (Fsp3) is 0.929. The highest BCUT2D eigenvalue weighted by Crippen LogP contribution is 2.67. The van der Waals surface area contributed by atoms with Crippen molar-refractivity contribution in [1.82, 2.24) is 0 Å². The van der Waals surface area contributed by atoms with Crippen LogP contribution in [0.3, 0.4) is 0 Å². The van der Waals surface area contributed by atoms with Crippen molar-refractivity contribution >= 4 is 5.97 Å². The molecule has 4 rings (SSSR count). The van der Waals surface area contributed by atoms with Crippen molar-refractivity contribution in [3.63, 3.8) is 0 Å². The van der Waals surface area contributed by atoms with E-state index >= 15 is 0 Å². The number of carbonyl (C=O) groups is 1. The van der Waals surface area contributed by atoms with Crippen LogP contribution in [0, 0.1) is 22.7 Å². The molecule has 2 heteroatoms. The highest BCUT2D eigenvalue weighted by molar-refractivity contribution is 5.67. The molecule has 4 aliphatic rings. The third kappa shape index (κ3) is 1.49. The van der Waals surface area contributed by atoms with Crippen LogP contribution in [-0.4, -0.2) is 11.1 Å². The van der Waals surface area contributed by atoms with Gasteiger partial charge in [0.15, 0.2) is 0 Å². The maximum Gasteiger partial charge on any atom is 0.303 e. The van der Waals surface area contributed by atoms with Crippen LogP contribution in [0.25, 0.3) is 0 Å². The summed E-state index contributed by atoms with van der Waals surface area (Å²) in [6.07, 6.45) is 9.49. The minimum atomic E-state index is -0.576. The van der Waals surface area contributed by atoms with E-state index in [1.54, 1.807) is 0 Å². The topological polar surface area (TPSA) is 37.3 Å². The highest BCUT2D eigenvalue weighted by Gasteiger charge is 2.57. The quantitative estimate of drug-likeness (QED) is 0.794. The first-order chi connectivity index (χ1) is 7.55. The predicted octanol–water partition coefficient (Wildman–Crippen LogP) is 3.46. The van der Waals surface area contributed by atoms with Crippen molar-refractivity contribution < 1.29 is 9.90 Å². The van der Waals surface area contributed by atoms with Crippen LogP contribution in [0.5, 0.6) is 0 Å². The van der Waals surface area contributed by atoms with E-state index in [4.69, 9.17) is 5.11 Å². The van der Waals surface area contributed by atoms with Crippen molar-refractivity contribution in [2.75, 3.05) is 0 Å². The molecule has 0 heterocycles. The molecular weight excluding hydrogens is 200 g/mol. The molecule has 90 valence electrons. The van der Waals surface area contributed by atoms with Gasteiger partial charge in [-0.25, -0.2) is 0 Å². The van der Waals surface area contributed by atoms with Crippen molar-refractivity contribution in [2.45, 2.75) is 58.3 Å². The summed E-state index contributed by atoms with van der Waals surface area (Å²) in [6.45, 7) is 2.31. The maximum absolute atomic E-state index is 11.1. The minimum absolute atomic E-state index is 0.186. The molecule has 4 saturated carbocycles. The molecule has 4 fully saturated rings. The lowest BCUT2D eigenvalue weighted by molar-refractivity contribution is -0.152. The first-order valence-electron chi connectivity index (χ1n) is 6.77. The standard InChI is InChI=1S/C14H22O2/c1-2-13-4-10-3-11(5-13)7-14(6-10,9-13)8-12(15)16/h10-11H,2-9H2,1H3,(H,15,16). The Labute approximate surface area is 97.4 Å². The van der Waals surface area contributed by atoms with Gasteiger partial charge in [0.05, 0.1) is 6.42 Å². The molecule has 4 bridgehead atoms. The molecular formula is C14H22O2. The Morgan fingerprint density at radius 2 is 1.75 bits per heavy atom. The lowest BCUT2D eigenvalue weighted by Crippen LogP contribution is -2.52. The first-order valence-corrected chi connectivity index (χ1v) is 6.77. The summed E-state index contributed by atoms with van der Waals surface area (Å²) in [5.41, 5.74) is 0.714. The summed E-state index contributed by atoms with van der Waals surface area (Å²) in [6, 6.07) is 0. The zero-order valence-corrected chi connectivity index (χ0v) is 10.2. The van der Waals surface area contributed by atoms with Crippen LogP contribution < -0.4 is 0 Å². The summed E-state index contributed by atoms with van der Waals surface area (Å²) in [7, 11) is 0. The summed E-state index contributed by atoms with van der Waals surface area (Å²) >= 11 is 0. The molecule has 2 atom stereocenters. The van der Waals surface area contributed by atoms with E-state index < -0.39 is 5.97 Å². The maximum atomic E-state index is 11.1. The molecule has 16 heavy (non-hydrogen) atoms. The van der Waals surface area contributed by atoms with E-state index in [0.29, 0.717) is 11.8 Å². The van der Waals surface area contributed by atoms with Crippen LogP contribution in [-0.2, 0) is 4.79 Å². The zero-order chi connectivity index (χ0) is 11.4. The monoisotopic (exact) mass is 222 g/mol. The highest BCUT2D eigenvalue weighted by atomic mass is 16.4. The van der Waals surface area contributed by atoms with Crippen LogP contribution in [0.15, 0.2) is 0 Å². The SMILES string of the molecule is CCC12CC3CC(C1)CC(CC(=O)O)(C3)C2. The second-order valence-electron chi connectivity index (χ2n) is 6.89. The summed E-state index contributed by atoms with van der Waals surface area (Å²) < 4.78 is 0. The Hall–Kier alpha value is -0.530. The Kier molecular flexibility index (Phi) is 2.15. The average molecular weight is 222 g/mol. The van der Waals surface area contributed by atoms with E-state index in [2.05, 4.69) is 6.92 Å². The molecule has 1 N–H and O–H groups in total. The van der Waals surface area contributed by atoms with Crippen LogP contribution >= 0.6 is 0 Å². The normalized spacial score (nSPS) is 49.6. The Morgan fingerprint density at radius 3 is 2.25 bits per heavy atom. The fourth-order valence-corrected chi connectivity index (χ4v) is 5.59. The van der Waals surface area contributed by atoms with Crippen molar-refractivity contribution in [3.05, 3.63) is 0 Å². The summed E-state index contributed by atoms with van der Waals surface area (Å²) in [5.74, 6) is 1.12. The number of hydrogen-bond donors (Lipinski definition) is 1. The Bertz CT molecular complexity index is 307. The van der Waals surface area contributed by atoms with Gasteiger partial charge in [0.25, 0.3) is 0 Å². The van der Waals surface area contributed by atoms with Crippen LogP contribution in [0.1, 0.15) is 58.3 Å². The van der Waals surface area contributed by atoms with E-state index in [9.17, 15) is 4.79 Å². The lowest BCUT2D eigenvalue weighted by Gasteiger charge is -2.62. The number of rotatable bonds is 3. The van der Waals surface area contributed by atoms with Gasteiger partial charge in [0, 0.05) is 0 Å². The predicted molar refractivity (Wildman–Crippen MR) is 62.1 cm³/mol. The molecule has 0 saturated heterocycles. The van der Waals surface area contributed by atoms with Gasteiger partial charge in [-0.2, -0.15) is 0 Å². The largest absolute Gasteiger partial charge is 0.481 e. The third-order valence-corrected chi connectivity index (χ3v) is 5.58. The molecule has 2 nitrogen and oxygen atoms in total. The number of hydrogen-bond acceptors (Lipinski definition) is 1. The van der Waals surface area contributed by atoms with E-state index in [-0.39, 0.29) is 5.41 Å². The van der Waals surface area contributed by atoms with Gasteiger partial charge < -0.3 is 5.11 Å². The molecule has 2 unspecified atom stereocenters. The molecule has 4 aliphatic carbocycles. The Morgan fingerprint density at radius 1 is 1.19 bits per heavy atom. The van der Waals surface area contributed by atoms with E-state index in [0.717, 1.165) is 11.8 Å². The van der Waals surface area contributed by atoms with Crippen molar-refractivity contribution in [3.8, 4) is 0 Å². The van der Waals surface area contributed by atoms with E-state index in [1.807, 2.05) is 0 Å². The van der Waals surface area contributed by atoms with Gasteiger partial charge >= 0.3 is 5.97 Å². The average Bonchev–Trinajstić information content (AvgIpc) is 2.13. The first kappa shape index (κ1) is 10.6. The van der Waals surface area contributed by atoms with Gasteiger partial charge in [-0.3, -0.25) is 4.79 Å². The van der Waals surface area contributed by atoms with Crippen molar-refractivity contribution in [2.24, 2.45) is 22.7 Å². The van der Waals surface area contributed by atoms with Gasteiger partial charge in [-0.15, -0.1) is 0 Å². The molecule has 0 amide bonds. The zero-order valence-electron chi connectivity index (χ0n) is 10.2. The van der Waals surface area contributed by atoms with Gasteiger partial charge in [0.2, 0.25) is 0 Å². The van der Waals surface area contributed by atoms with Gasteiger partial charge in [-0.1, -0.05) is 13.3 Å². The smallest absolute Gasteiger partial charge is 0.303 e. The third-order valence-electron chi connectivity index (χ3n) is 5.58. The fourth-order valence-electron chi connectivity index (χ4n) is 5.59.